The first-order valence-electron chi connectivity index (χ1n) is 8.21. The van der Waals surface area contributed by atoms with Crippen LogP contribution in [0.15, 0.2) is 36.4 Å². The van der Waals surface area contributed by atoms with Crippen LogP contribution in [0, 0.1) is 15.9 Å². The van der Waals surface area contributed by atoms with Crippen molar-refractivity contribution < 1.29 is 14.1 Å². The number of non-ortho nitro benzene ring substituents is 1. The molecule has 3 rings (SSSR count). The van der Waals surface area contributed by atoms with Crippen LogP contribution in [0.3, 0.4) is 0 Å². The molecule has 1 aliphatic rings. The zero-order valence-electron chi connectivity index (χ0n) is 14.3. The van der Waals surface area contributed by atoms with Crippen molar-refractivity contribution in [3.05, 3.63) is 62.9 Å². The van der Waals surface area contributed by atoms with Gasteiger partial charge in [-0.2, -0.15) is 0 Å². The van der Waals surface area contributed by atoms with Crippen LogP contribution in [0.5, 0.6) is 5.75 Å². The summed E-state index contributed by atoms with van der Waals surface area (Å²) in [5, 5.41) is 11.2. The maximum atomic E-state index is 13.5. The number of rotatable bonds is 5. The fourth-order valence-electron chi connectivity index (χ4n) is 3.12. The van der Waals surface area contributed by atoms with Crippen LogP contribution < -0.4 is 9.64 Å². The highest BCUT2D eigenvalue weighted by atomic mass is 35.5. The van der Waals surface area contributed by atoms with Crippen LogP contribution in [-0.4, -0.2) is 43.1 Å². The van der Waals surface area contributed by atoms with Gasteiger partial charge in [0.15, 0.2) is 0 Å². The molecule has 0 unspecified atom stereocenters. The number of piperazine rings is 1. The number of nitro groups is 1. The number of benzene rings is 2. The molecule has 138 valence electrons. The molecule has 0 atom stereocenters. The minimum absolute atomic E-state index is 0.0180. The summed E-state index contributed by atoms with van der Waals surface area (Å²) in [6, 6.07) is 9.05. The van der Waals surface area contributed by atoms with E-state index in [9.17, 15) is 14.5 Å². The lowest BCUT2D eigenvalue weighted by Crippen LogP contribution is -2.46. The highest BCUT2D eigenvalue weighted by Crippen LogP contribution is 2.31. The molecule has 2 aromatic rings. The Balaban J connectivity index is 1.65. The van der Waals surface area contributed by atoms with Crippen molar-refractivity contribution in [2.24, 2.45) is 0 Å². The van der Waals surface area contributed by atoms with Gasteiger partial charge < -0.3 is 9.64 Å². The van der Waals surface area contributed by atoms with E-state index in [0.29, 0.717) is 17.3 Å². The van der Waals surface area contributed by atoms with Gasteiger partial charge in [0.05, 0.1) is 22.7 Å². The first kappa shape index (κ1) is 18.4. The van der Waals surface area contributed by atoms with E-state index in [4.69, 9.17) is 16.3 Å². The van der Waals surface area contributed by atoms with Crippen LogP contribution >= 0.6 is 11.6 Å². The fraction of sp³-hybridized carbons (Fsp3) is 0.333. The van der Waals surface area contributed by atoms with Gasteiger partial charge in [-0.25, -0.2) is 4.39 Å². The smallest absolute Gasteiger partial charge is 0.271 e. The van der Waals surface area contributed by atoms with Gasteiger partial charge >= 0.3 is 0 Å². The number of methoxy groups -OCH3 is 1. The molecular formula is C18H19ClFN3O3. The summed E-state index contributed by atoms with van der Waals surface area (Å²) in [6.45, 7) is 3.60. The van der Waals surface area contributed by atoms with Crippen molar-refractivity contribution in [3.8, 4) is 5.75 Å². The van der Waals surface area contributed by atoms with E-state index >= 15 is 0 Å². The maximum absolute atomic E-state index is 13.5. The molecule has 6 nitrogen and oxygen atoms in total. The minimum Gasteiger partial charge on any atom is -0.496 e. The van der Waals surface area contributed by atoms with Gasteiger partial charge in [0.2, 0.25) is 0 Å². The highest BCUT2D eigenvalue weighted by molar-refractivity contribution is 6.33. The number of nitro benzene ring substituents is 1. The van der Waals surface area contributed by atoms with Crippen LogP contribution in [0.2, 0.25) is 5.02 Å². The molecule has 0 bridgehead atoms. The third-order valence-corrected chi connectivity index (χ3v) is 4.79. The normalized spacial score (nSPS) is 15.1. The number of hydrogen-bond donors (Lipinski definition) is 0. The molecule has 0 radical (unpaired) electrons. The quantitative estimate of drug-likeness (QED) is 0.585. The Hall–Kier alpha value is -2.38. The number of halogens is 2. The fourth-order valence-corrected chi connectivity index (χ4v) is 3.42. The van der Waals surface area contributed by atoms with Gasteiger partial charge in [0.25, 0.3) is 5.69 Å². The van der Waals surface area contributed by atoms with E-state index in [1.165, 1.54) is 24.3 Å². The molecule has 0 aromatic heterocycles. The van der Waals surface area contributed by atoms with Crippen LogP contribution in [-0.2, 0) is 6.54 Å². The van der Waals surface area contributed by atoms with Gasteiger partial charge in [0.1, 0.15) is 11.6 Å². The van der Waals surface area contributed by atoms with Crippen molar-refractivity contribution in [3.63, 3.8) is 0 Å². The second kappa shape index (κ2) is 7.88. The molecule has 1 aliphatic heterocycles. The predicted molar refractivity (Wildman–Crippen MR) is 98.5 cm³/mol. The average molecular weight is 380 g/mol. The van der Waals surface area contributed by atoms with E-state index < -0.39 is 4.92 Å². The summed E-state index contributed by atoms with van der Waals surface area (Å²) in [5.41, 5.74) is 1.59. The zero-order chi connectivity index (χ0) is 18.7. The molecule has 0 amide bonds. The summed E-state index contributed by atoms with van der Waals surface area (Å²) < 4.78 is 18.8. The molecule has 1 heterocycles. The molecule has 0 N–H and O–H groups in total. The highest BCUT2D eigenvalue weighted by Gasteiger charge is 2.21. The molecule has 0 saturated carbocycles. The summed E-state index contributed by atoms with van der Waals surface area (Å²) >= 11 is 6.21. The van der Waals surface area contributed by atoms with Crippen LogP contribution in [0.4, 0.5) is 15.8 Å². The van der Waals surface area contributed by atoms with E-state index in [1.54, 1.807) is 19.2 Å². The number of ether oxygens (including phenoxy) is 1. The maximum Gasteiger partial charge on any atom is 0.271 e. The Morgan fingerprint density at radius 1 is 1.19 bits per heavy atom. The third-order valence-electron chi connectivity index (χ3n) is 4.49. The first-order valence-corrected chi connectivity index (χ1v) is 8.59. The summed E-state index contributed by atoms with van der Waals surface area (Å²) in [7, 11) is 1.57. The number of anilines is 1. The molecular weight excluding hydrogens is 361 g/mol. The third kappa shape index (κ3) is 4.05. The Kier molecular flexibility index (Phi) is 5.58. The van der Waals surface area contributed by atoms with Crippen molar-refractivity contribution in [1.29, 1.82) is 0 Å². The van der Waals surface area contributed by atoms with Gasteiger partial charge in [-0.1, -0.05) is 11.6 Å². The van der Waals surface area contributed by atoms with Crippen LogP contribution in [0.25, 0.3) is 0 Å². The molecule has 0 spiro atoms. The van der Waals surface area contributed by atoms with Gasteiger partial charge in [-0.05, 0) is 24.3 Å². The van der Waals surface area contributed by atoms with Crippen LogP contribution in [0.1, 0.15) is 5.56 Å². The summed E-state index contributed by atoms with van der Waals surface area (Å²) in [4.78, 5) is 14.7. The standard InChI is InChI=1S/C18H19ClFN3O3/c1-26-18-5-2-14(20)10-13(18)12-21-6-8-22(9-7-21)17-4-3-15(23(24)25)11-16(17)19/h2-5,10-11H,6-9,12H2,1H3. The summed E-state index contributed by atoms with van der Waals surface area (Å²) in [5.74, 6) is 0.393. The molecule has 8 heteroatoms. The Morgan fingerprint density at radius 2 is 1.92 bits per heavy atom. The lowest BCUT2D eigenvalue weighted by atomic mass is 10.1. The Morgan fingerprint density at radius 3 is 2.54 bits per heavy atom. The molecule has 2 aromatic carbocycles. The number of hydrogen-bond acceptors (Lipinski definition) is 5. The lowest BCUT2D eigenvalue weighted by Gasteiger charge is -2.36. The minimum atomic E-state index is -0.458. The largest absolute Gasteiger partial charge is 0.496 e. The van der Waals surface area contributed by atoms with E-state index in [-0.39, 0.29) is 11.5 Å². The molecule has 1 fully saturated rings. The van der Waals surface area contributed by atoms with E-state index in [2.05, 4.69) is 9.80 Å². The second-order valence-corrected chi connectivity index (χ2v) is 6.52. The molecule has 0 aliphatic carbocycles. The average Bonchev–Trinajstić information content (AvgIpc) is 2.62. The lowest BCUT2D eigenvalue weighted by molar-refractivity contribution is -0.384. The van der Waals surface area contributed by atoms with Gasteiger partial charge in [-0.15, -0.1) is 0 Å². The topological polar surface area (TPSA) is 58.8 Å². The number of nitrogens with zero attached hydrogens (tertiary/aromatic N) is 3. The van der Waals surface area contributed by atoms with Crippen molar-refractivity contribution >= 4 is 23.0 Å². The van der Waals surface area contributed by atoms with Crippen molar-refractivity contribution in [1.82, 2.24) is 4.90 Å². The SMILES string of the molecule is COc1ccc(F)cc1CN1CCN(c2ccc([N+](=O)[O-])cc2Cl)CC1. The van der Waals surface area contributed by atoms with Gasteiger partial charge in [0, 0.05) is 50.4 Å². The Bertz CT molecular complexity index is 810. The van der Waals surface area contributed by atoms with E-state index in [0.717, 1.165) is 37.4 Å². The predicted octanol–water partition coefficient (Wildman–Crippen LogP) is 3.72. The van der Waals surface area contributed by atoms with Crippen molar-refractivity contribution in [2.75, 3.05) is 38.2 Å². The van der Waals surface area contributed by atoms with Gasteiger partial charge in [-0.3, -0.25) is 15.0 Å². The van der Waals surface area contributed by atoms with Crippen molar-refractivity contribution in [2.45, 2.75) is 6.54 Å². The monoisotopic (exact) mass is 379 g/mol. The molecule has 26 heavy (non-hydrogen) atoms. The second-order valence-electron chi connectivity index (χ2n) is 6.11. The summed E-state index contributed by atoms with van der Waals surface area (Å²) in [6.07, 6.45) is 0. The molecule has 1 saturated heterocycles. The zero-order valence-corrected chi connectivity index (χ0v) is 15.1. The van der Waals surface area contributed by atoms with E-state index in [1.807, 2.05) is 0 Å². The first-order chi connectivity index (χ1) is 12.5. The Labute approximate surface area is 155 Å².